The number of hydrogen-bond acceptors (Lipinski definition) is 4. The molecule has 0 unspecified atom stereocenters. The minimum Gasteiger partial charge on any atom is -0.308 e. The maximum atomic E-state index is 5.75. The third-order valence-corrected chi connectivity index (χ3v) is 4.26. The van der Waals surface area contributed by atoms with E-state index in [2.05, 4.69) is 36.1 Å². The van der Waals surface area contributed by atoms with Gasteiger partial charge in [-0.15, -0.1) is 11.3 Å². The summed E-state index contributed by atoms with van der Waals surface area (Å²) < 4.78 is 0. The summed E-state index contributed by atoms with van der Waals surface area (Å²) in [6.07, 6.45) is 3.75. The molecule has 5 heteroatoms. The lowest BCUT2D eigenvalue weighted by molar-refractivity contribution is 0.585. The second-order valence-corrected chi connectivity index (χ2v) is 6.98. The summed E-state index contributed by atoms with van der Waals surface area (Å²) in [7, 11) is 0. The Morgan fingerprint density at radius 2 is 1.95 bits per heavy atom. The lowest BCUT2D eigenvalue weighted by atomic mass is 9.98. The van der Waals surface area contributed by atoms with Crippen LogP contribution in [-0.4, -0.2) is 9.97 Å². The zero-order valence-electron chi connectivity index (χ0n) is 11.4. The summed E-state index contributed by atoms with van der Waals surface area (Å²) in [5, 5.41) is 5.10. The Bertz CT molecular complexity index is 528. The van der Waals surface area contributed by atoms with E-state index in [4.69, 9.17) is 11.6 Å². The second-order valence-electron chi connectivity index (χ2n) is 5.47. The topological polar surface area (TPSA) is 37.8 Å². The van der Waals surface area contributed by atoms with Crippen LogP contribution in [0.15, 0.2) is 24.5 Å². The highest BCUT2D eigenvalue weighted by Gasteiger charge is 2.17. The van der Waals surface area contributed by atoms with Gasteiger partial charge in [0.05, 0.1) is 5.01 Å². The van der Waals surface area contributed by atoms with E-state index in [1.54, 1.807) is 17.5 Å². The first-order chi connectivity index (χ1) is 8.95. The zero-order chi connectivity index (χ0) is 13.9. The monoisotopic (exact) mass is 295 g/mol. The Balaban J connectivity index is 1.86. The molecule has 0 aliphatic carbocycles. The van der Waals surface area contributed by atoms with Crippen LogP contribution < -0.4 is 5.32 Å². The van der Waals surface area contributed by atoms with Crippen molar-refractivity contribution in [2.24, 2.45) is 0 Å². The molecule has 0 saturated heterocycles. The fourth-order valence-electron chi connectivity index (χ4n) is 1.58. The molecule has 0 aliphatic rings. The SMILES string of the molecule is CC(C)(C)c1ncc(CNCc2ccc(Cl)nc2)s1. The zero-order valence-corrected chi connectivity index (χ0v) is 13.0. The number of aromatic nitrogens is 2. The van der Waals surface area contributed by atoms with Crippen LogP contribution in [0, 0.1) is 0 Å². The van der Waals surface area contributed by atoms with Gasteiger partial charge >= 0.3 is 0 Å². The average molecular weight is 296 g/mol. The van der Waals surface area contributed by atoms with Crippen LogP contribution in [0.4, 0.5) is 0 Å². The maximum absolute atomic E-state index is 5.75. The molecule has 0 atom stereocenters. The van der Waals surface area contributed by atoms with Crippen molar-refractivity contribution in [2.45, 2.75) is 39.3 Å². The van der Waals surface area contributed by atoms with E-state index in [0.29, 0.717) is 5.15 Å². The molecule has 2 aromatic rings. The number of nitrogens with zero attached hydrogens (tertiary/aromatic N) is 2. The predicted molar refractivity (Wildman–Crippen MR) is 80.6 cm³/mol. The van der Waals surface area contributed by atoms with Gasteiger partial charge in [-0.1, -0.05) is 38.4 Å². The van der Waals surface area contributed by atoms with Gasteiger partial charge in [-0.05, 0) is 11.6 Å². The van der Waals surface area contributed by atoms with Crippen LogP contribution >= 0.6 is 22.9 Å². The van der Waals surface area contributed by atoms with E-state index in [-0.39, 0.29) is 5.41 Å². The first-order valence-corrected chi connectivity index (χ1v) is 7.41. The minimum atomic E-state index is 0.128. The first kappa shape index (κ1) is 14.4. The number of thiazole rings is 1. The largest absolute Gasteiger partial charge is 0.308 e. The molecule has 0 bridgehead atoms. The molecule has 1 N–H and O–H groups in total. The Labute approximate surface area is 123 Å². The highest BCUT2D eigenvalue weighted by Crippen LogP contribution is 2.26. The van der Waals surface area contributed by atoms with E-state index in [9.17, 15) is 0 Å². The van der Waals surface area contributed by atoms with Crippen molar-refractivity contribution in [1.82, 2.24) is 15.3 Å². The quantitative estimate of drug-likeness (QED) is 0.872. The highest BCUT2D eigenvalue weighted by atomic mass is 35.5. The lowest BCUT2D eigenvalue weighted by Crippen LogP contribution is -2.12. The van der Waals surface area contributed by atoms with Gasteiger partial charge in [-0.3, -0.25) is 0 Å². The van der Waals surface area contributed by atoms with E-state index < -0.39 is 0 Å². The summed E-state index contributed by atoms with van der Waals surface area (Å²) >= 11 is 7.52. The molecule has 0 spiro atoms. The molecule has 19 heavy (non-hydrogen) atoms. The van der Waals surface area contributed by atoms with Gasteiger partial charge in [0.15, 0.2) is 0 Å². The summed E-state index contributed by atoms with van der Waals surface area (Å²) in [5.41, 5.74) is 1.26. The van der Waals surface area contributed by atoms with E-state index in [0.717, 1.165) is 18.7 Å². The smallest absolute Gasteiger partial charge is 0.129 e. The van der Waals surface area contributed by atoms with E-state index in [1.807, 2.05) is 18.3 Å². The summed E-state index contributed by atoms with van der Waals surface area (Å²) in [6.45, 7) is 8.16. The predicted octanol–water partition coefficient (Wildman–Crippen LogP) is 3.78. The molecule has 2 rings (SSSR count). The number of hydrogen-bond donors (Lipinski definition) is 1. The summed E-state index contributed by atoms with van der Waals surface area (Å²) in [6, 6.07) is 3.79. The molecule has 3 nitrogen and oxygen atoms in total. The summed E-state index contributed by atoms with van der Waals surface area (Å²) in [4.78, 5) is 9.79. The van der Waals surface area contributed by atoms with Gasteiger partial charge in [0.1, 0.15) is 5.15 Å². The Morgan fingerprint density at radius 3 is 2.53 bits per heavy atom. The second kappa shape index (κ2) is 5.99. The van der Waals surface area contributed by atoms with Gasteiger partial charge in [0.2, 0.25) is 0 Å². The number of pyridine rings is 1. The third-order valence-electron chi connectivity index (χ3n) is 2.61. The number of rotatable bonds is 4. The molecular weight excluding hydrogens is 278 g/mol. The average Bonchev–Trinajstić information content (AvgIpc) is 2.80. The number of nitrogens with one attached hydrogen (secondary N) is 1. The van der Waals surface area contributed by atoms with Crippen molar-refractivity contribution in [1.29, 1.82) is 0 Å². The lowest BCUT2D eigenvalue weighted by Gasteiger charge is -2.13. The molecule has 0 fully saturated rings. The van der Waals surface area contributed by atoms with E-state index in [1.165, 1.54) is 9.88 Å². The number of halogens is 1. The maximum Gasteiger partial charge on any atom is 0.129 e. The van der Waals surface area contributed by atoms with Crippen LogP contribution in [0.5, 0.6) is 0 Å². The summed E-state index contributed by atoms with van der Waals surface area (Å²) in [5.74, 6) is 0. The molecule has 2 aromatic heterocycles. The fraction of sp³-hybridized carbons (Fsp3) is 0.429. The molecule has 0 saturated carbocycles. The van der Waals surface area contributed by atoms with Crippen LogP contribution in [-0.2, 0) is 18.5 Å². The van der Waals surface area contributed by atoms with Gasteiger partial charge in [0, 0.05) is 35.8 Å². The fourth-order valence-corrected chi connectivity index (χ4v) is 2.63. The van der Waals surface area contributed by atoms with Crippen molar-refractivity contribution in [3.8, 4) is 0 Å². The molecule has 0 aromatic carbocycles. The molecular formula is C14H18ClN3S. The Kier molecular flexibility index (Phi) is 4.55. The highest BCUT2D eigenvalue weighted by molar-refractivity contribution is 7.11. The van der Waals surface area contributed by atoms with Crippen LogP contribution in [0.25, 0.3) is 0 Å². The van der Waals surface area contributed by atoms with Crippen molar-refractivity contribution in [2.75, 3.05) is 0 Å². The van der Waals surface area contributed by atoms with Crippen molar-refractivity contribution in [3.63, 3.8) is 0 Å². The molecule has 0 radical (unpaired) electrons. The van der Waals surface area contributed by atoms with Gasteiger partial charge < -0.3 is 5.32 Å². The van der Waals surface area contributed by atoms with Gasteiger partial charge in [0.25, 0.3) is 0 Å². The van der Waals surface area contributed by atoms with Crippen LogP contribution in [0.2, 0.25) is 5.15 Å². The van der Waals surface area contributed by atoms with Crippen molar-refractivity contribution in [3.05, 3.63) is 45.1 Å². The minimum absolute atomic E-state index is 0.128. The van der Waals surface area contributed by atoms with Gasteiger partial charge in [-0.25, -0.2) is 9.97 Å². The standard InChI is InChI=1S/C14H18ClN3S/c1-14(2,3)13-18-9-11(19-13)8-16-6-10-4-5-12(15)17-7-10/h4-5,7,9,16H,6,8H2,1-3H3. The Hall–Kier alpha value is -0.970. The molecule has 0 aliphatic heterocycles. The van der Waals surface area contributed by atoms with Gasteiger partial charge in [-0.2, -0.15) is 0 Å². The van der Waals surface area contributed by atoms with Crippen molar-refractivity contribution >= 4 is 22.9 Å². The van der Waals surface area contributed by atoms with Crippen LogP contribution in [0.3, 0.4) is 0 Å². The molecule has 102 valence electrons. The molecule has 0 amide bonds. The Morgan fingerprint density at radius 1 is 1.16 bits per heavy atom. The first-order valence-electron chi connectivity index (χ1n) is 6.21. The molecule has 2 heterocycles. The normalized spacial score (nSPS) is 11.8. The van der Waals surface area contributed by atoms with Crippen molar-refractivity contribution < 1.29 is 0 Å². The van der Waals surface area contributed by atoms with E-state index >= 15 is 0 Å². The van der Waals surface area contributed by atoms with Crippen LogP contribution in [0.1, 0.15) is 36.2 Å². The third kappa shape index (κ3) is 4.27.